The monoisotopic (exact) mass is 440 g/mol. The fourth-order valence-corrected chi connectivity index (χ4v) is 2.93. The van der Waals surface area contributed by atoms with E-state index in [2.05, 4.69) is 30.9 Å². The van der Waals surface area contributed by atoms with Crippen molar-refractivity contribution >= 4 is 21.9 Å². The molecule has 0 radical (unpaired) electrons. The van der Waals surface area contributed by atoms with Gasteiger partial charge in [0.05, 0.1) is 19.3 Å². The molecular formula is C14H14Br2N6O. The first-order chi connectivity index (χ1) is 10.6. The van der Waals surface area contributed by atoms with Crippen LogP contribution in [0.4, 0.5) is 5.95 Å². The van der Waals surface area contributed by atoms with Crippen molar-refractivity contribution in [1.82, 2.24) is 4.98 Å². The highest BCUT2D eigenvalue weighted by Gasteiger charge is 2.51. The Morgan fingerprint density at radius 2 is 2.17 bits per heavy atom. The second-order valence-corrected chi connectivity index (χ2v) is 5.89. The number of hydrogen-bond donors (Lipinski definition) is 1. The van der Waals surface area contributed by atoms with Gasteiger partial charge < -0.3 is 22.1 Å². The van der Waals surface area contributed by atoms with Crippen molar-refractivity contribution in [3.63, 3.8) is 0 Å². The van der Waals surface area contributed by atoms with Gasteiger partial charge in [-0.15, -0.1) is 0 Å². The van der Waals surface area contributed by atoms with Gasteiger partial charge in [0.2, 0.25) is 5.72 Å². The third-order valence-corrected chi connectivity index (χ3v) is 4.20. The average Bonchev–Trinajstić information content (AvgIpc) is 2.81. The number of anilines is 1. The number of rotatable bonds is 4. The van der Waals surface area contributed by atoms with Crippen molar-refractivity contribution in [3.8, 4) is 0 Å². The molecule has 0 spiro atoms. The standard InChI is InChI=1S/C14H14BrN6O.BrH/c15-12-4-2-11(3-5-12)14(22)10-20-8-1-6-17-13(20)21(14)9-7-18-19-16;/h1-6,8,22H,7,9-10H2;1H/q+1;/p-1. The topological polar surface area (TPSA) is 89.0 Å². The van der Waals surface area contributed by atoms with E-state index in [0.29, 0.717) is 19.0 Å². The maximum Gasteiger partial charge on any atom is 0.396 e. The molecule has 1 aliphatic heterocycles. The van der Waals surface area contributed by atoms with E-state index < -0.39 is 5.72 Å². The molecule has 0 bridgehead atoms. The summed E-state index contributed by atoms with van der Waals surface area (Å²) in [6.45, 7) is 1.01. The summed E-state index contributed by atoms with van der Waals surface area (Å²) in [5, 5.41) is 14.8. The molecule has 1 aromatic carbocycles. The molecule has 2 heterocycles. The van der Waals surface area contributed by atoms with E-state index in [1.807, 2.05) is 41.1 Å². The molecule has 9 heteroatoms. The van der Waals surface area contributed by atoms with Gasteiger partial charge in [-0.1, -0.05) is 38.2 Å². The van der Waals surface area contributed by atoms with Gasteiger partial charge in [0.25, 0.3) is 0 Å². The summed E-state index contributed by atoms with van der Waals surface area (Å²) in [6, 6.07) is 9.34. The van der Waals surface area contributed by atoms with Gasteiger partial charge in [0.1, 0.15) is 12.7 Å². The third kappa shape index (κ3) is 3.32. The third-order valence-electron chi connectivity index (χ3n) is 3.67. The quantitative estimate of drug-likeness (QED) is 0.289. The fraction of sp³-hybridized carbons (Fsp3) is 0.286. The van der Waals surface area contributed by atoms with Crippen LogP contribution in [0.25, 0.3) is 10.4 Å². The number of aliphatic hydroxyl groups is 1. The second-order valence-electron chi connectivity index (χ2n) is 4.98. The first-order valence-corrected chi connectivity index (χ1v) is 7.56. The fourth-order valence-electron chi connectivity index (χ4n) is 2.67. The Morgan fingerprint density at radius 1 is 1.43 bits per heavy atom. The number of halogens is 2. The molecule has 0 fully saturated rings. The smallest absolute Gasteiger partial charge is 0.396 e. The van der Waals surface area contributed by atoms with E-state index >= 15 is 0 Å². The summed E-state index contributed by atoms with van der Waals surface area (Å²) in [6.07, 6.45) is 3.55. The van der Waals surface area contributed by atoms with Crippen LogP contribution in [-0.4, -0.2) is 23.2 Å². The highest BCUT2D eigenvalue weighted by atomic mass is 79.9. The predicted molar refractivity (Wildman–Crippen MR) is 83.8 cm³/mol. The van der Waals surface area contributed by atoms with Crippen LogP contribution < -0.4 is 26.4 Å². The van der Waals surface area contributed by atoms with Gasteiger partial charge in [-0.25, -0.2) is 9.47 Å². The number of benzene rings is 1. The maximum absolute atomic E-state index is 11.2. The lowest BCUT2D eigenvalue weighted by Crippen LogP contribution is -3.00. The van der Waals surface area contributed by atoms with Gasteiger partial charge >= 0.3 is 5.95 Å². The molecule has 1 unspecified atom stereocenters. The molecule has 1 atom stereocenters. The zero-order chi connectivity index (χ0) is 15.6. The zero-order valence-corrected chi connectivity index (χ0v) is 15.2. The highest BCUT2D eigenvalue weighted by molar-refractivity contribution is 9.10. The minimum atomic E-state index is -1.22. The van der Waals surface area contributed by atoms with Crippen molar-refractivity contribution in [2.24, 2.45) is 5.11 Å². The molecule has 3 rings (SSSR count). The van der Waals surface area contributed by atoms with Crippen molar-refractivity contribution in [2.75, 3.05) is 18.0 Å². The predicted octanol–water partition coefficient (Wildman–Crippen LogP) is -0.889. The second kappa shape index (κ2) is 7.27. The normalized spacial score (nSPS) is 18.8. The first-order valence-electron chi connectivity index (χ1n) is 6.76. The van der Waals surface area contributed by atoms with Crippen LogP contribution in [0.2, 0.25) is 0 Å². The molecule has 1 N–H and O–H groups in total. The van der Waals surface area contributed by atoms with Crippen LogP contribution in [0.15, 0.2) is 52.3 Å². The summed E-state index contributed by atoms with van der Waals surface area (Å²) in [7, 11) is 0. The largest absolute Gasteiger partial charge is 1.00 e. The van der Waals surface area contributed by atoms with Gasteiger partial charge in [-0.05, 0) is 17.7 Å². The van der Waals surface area contributed by atoms with Crippen molar-refractivity contribution in [3.05, 3.63) is 63.2 Å². The van der Waals surface area contributed by atoms with E-state index in [1.165, 1.54) is 0 Å². The SMILES string of the molecule is [Br-].[N-]=[N+]=NCCN1c2nccc[n+]2CC1(O)c1ccc(Br)cc1. The van der Waals surface area contributed by atoms with E-state index in [0.717, 1.165) is 10.0 Å². The number of aromatic nitrogens is 2. The Bertz CT molecular complexity index is 734. The molecule has 0 saturated heterocycles. The number of fused-ring (bicyclic) bond motifs is 1. The van der Waals surface area contributed by atoms with Gasteiger partial charge in [0, 0.05) is 21.0 Å². The molecule has 2 aromatic rings. The van der Waals surface area contributed by atoms with Crippen molar-refractivity contribution in [1.29, 1.82) is 0 Å². The van der Waals surface area contributed by atoms with Gasteiger partial charge in [0.15, 0.2) is 0 Å². The zero-order valence-electron chi connectivity index (χ0n) is 12.0. The van der Waals surface area contributed by atoms with Gasteiger partial charge in [-0.2, -0.15) is 0 Å². The van der Waals surface area contributed by atoms with Crippen LogP contribution in [-0.2, 0) is 12.3 Å². The highest BCUT2D eigenvalue weighted by Crippen LogP contribution is 2.33. The van der Waals surface area contributed by atoms with Crippen molar-refractivity contribution < 1.29 is 26.7 Å². The first kappa shape index (κ1) is 17.7. The molecule has 7 nitrogen and oxygen atoms in total. The summed E-state index contributed by atoms with van der Waals surface area (Å²) >= 11 is 3.40. The van der Waals surface area contributed by atoms with E-state index in [1.54, 1.807) is 11.1 Å². The minimum Gasteiger partial charge on any atom is -1.00 e. The summed E-state index contributed by atoms with van der Waals surface area (Å²) in [5.74, 6) is 0.654. The molecule has 0 saturated carbocycles. The number of azide groups is 1. The Labute approximate surface area is 152 Å². The molecule has 0 aliphatic carbocycles. The van der Waals surface area contributed by atoms with Crippen LogP contribution in [0.5, 0.6) is 0 Å². The Kier molecular flexibility index (Phi) is 5.59. The minimum absolute atomic E-state index is 0. The molecule has 23 heavy (non-hydrogen) atoms. The molecule has 120 valence electrons. The maximum atomic E-state index is 11.2. The number of hydrogen-bond acceptors (Lipinski definition) is 4. The van der Waals surface area contributed by atoms with Crippen LogP contribution >= 0.6 is 15.9 Å². The Morgan fingerprint density at radius 3 is 2.87 bits per heavy atom. The lowest BCUT2D eigenvalue weighted by molar-refractivity contribution is -0.685. The summed E-state index contributed by atoms with van der Waals surface area (Å²) in [4.78, 5) is 8.88. The summed E-state index contributed by atoms with van der Waals surface area (Å²) in [5.41, 5.74) is 8.01. The van der Waals surface area contributed by atoms with Crippen LogP contribution in [0, 0.1) is 0 Å². The molecule has 1 aromatic heterocycles. The lowest BCUT2D eigenvalue weighted by Gasteiger charge is -2.28. The average molecular weight is 442 g/mol. The molecule has 1 aliphatic rings. The van der Waals surface area contributed by atoms with E-state index in [4.69, 9.17) is 5.53 Å². The molecular weight excluding hydrogens is 428 g/mol. The lowest BCUT2D eigenvalue weighted by atomic mass is 10.0. The Hall–Kier alpha value is -1.67. The molecule has 0 amide bonds. The number of nitrogens with zero attached hydrogens (tertiary/aromatic N) is 6. The van der Waals surface area contributed by atoms with Crippen molar-refractivity contribution in [2.45, 2.75) is 12.3 Å². The van der Waals surface area contributed by atoms with Crippen LogP contribution in [0.3, 0.4) is 0 Å². The summed E-state index contributed by atoms with van der Waals surface area (Å²) < 4.78 is 2.83. The van der Waals surface area contributed by atoms with Crippen LogP contribution in [0.1, 0.15) is 5.56 Å². The van der Waals surface area contributed by atoms with E-state index in [9.17, 15) is 5.11 Å². The van der Waals surface area contributed by atoms with E-state index in [-0.39, 0.29) is 23.5 Å². The Balaban J connectivity index is 0.00000192. The van der Waals surface area contributed by atoms with Gasteiger partial charge in [-0.3, -0.25) is 0 Å².